The second kappa shape index (κ2) is 4.53. The lowest BCUT2D eigenvalue weighted by atomic mass is 10.1. The van der Waals surface area contributed by atoms with E-state index in [4.69, 9.17) is 4.42 Å². The maximum Gasteiger partial charge on any atom is 0.135 e. The summed E-state index contributed by atoms with van der Waals surface area (Å²) in [6.07, 6.45) is 1.21. The maximum atomic E-state index is 5.86. The van der Waals surface area contributed by atoms with Gasteiger partial charge in [-0.15, -0.1) is 0 Å². The van der Waals surface area contributed by atoms with Crippen molar-refractivity contribution in [2.24, 2.45) is 0 Å². The normalized spacial score (nSPS) is 19.9. The quantitative estimate of drug-likeness (QED) is 0.766. The van der Waals surface area contributed by atoms with Crippen LogP contribution in [0.5, 0.6) is 0 Å². The number of rotatable bonds is 2. The van der Waals surface area contributed by atoms with Gasteiger partial charge in [-0.1, -0.05) is 18.2 Å². The van der Waals surface area contributed by atoms with Gasteiger partial charge in [0.25, 0.3) is 0 Å². The molecule has 2 aromatic carbocycles. The summed E-state index contributed by atoms with van der Waals surface area (Å²) < 4.78 is 5.86. The number of fused-ring (bicyclic) bond motifs is 3. The smallest absolute Gasteiger partial charge is 0.135 e. The van der Waals surface area contributed by atoms with Gasteiger partial charge in [-0.2, -0.15) is 0 Å². The third kappa shape index (κ3) is 1.95. The molecule has 0 bridgehead atoms. The van der Waals surface area contributed by atoms with Gasteiger partial charge in [-0.05, 0) is 44.3 Å². The molecule has 3 heteroatoms. The molecule has 0 spiro atoms. The van der Waals surface area contributed by atoms with Crippen LogP contribution < -0.4 is 5.32 Å². The lowest BCUT2D eigenvalue weighted by Crippen LogP contribution is -2.23. The van der Waals surface area contributed by atoms with Gasteiger partial charge in [-0.3, -0.25) is 0 Å². The van der Waals surface area contributed by atoms with Crippen LogP contribution in [0.25, 0.3) is 21.9 Å². The highest BCUT2D eigenvalue weighted by Gasteiger charge is 2.19. The third-order valence-corrected chi connectivity index (χ3v) is 4.14. The molecule has 1 aromatic heterocycles. The highest BCUT2D eigenvalue weighted by molar-refractivity contribution is 6.05. The molecule has 1 unspecified atom stereocenters. The van der Waals surface area contributed by atoms with E-state index in [-0.39, 0.29) is 0 Å². The number of para-hydroxylation sites is 1. The molecule has 1 N–H and O–H groups in total. The molecular weight excluding hydrogens is 248 g/mol. The van der Waals surface area contributed by atoms with Gasteiger partial charge < -0.3 is 14.6 Å². The van der Waals surface area contributed by atoms with E-state index in [9.17, 15) is 0 Å². The Morgan fingerprint density at radius 2 is 1.95 bits per heavy atom. The topological polar surface area (TPSA) is 28.4 Å². The number of hydrogen-bond acceptors (Lipinski definition) is 3. The largest absolute Gasteiger partial charge is 0.456 e. The fraction of sp³-hybridized carbons (Fsp3) is 0.294. The summed E-state index contributed by atoms with van der Waals surface area (Å²) in [5.41, 5.74) is 3.10. The van der Waals surface area contributed by atoms with Crippen molar-refractivity contribution < 1.29 is 4.42 Å². The van der Waals surface area contributed by atoms with Crippen LogP contribution in [0.1, 0.15) is 6.42 Å². The molecule has 3 aromatic rings. The molecule has 0 aliphatic carbocycles. The molecular formula is C17H18N2O. The molecule has 0 radical (unpaired) electrons. The summed E-state index contributed by atoms with van der Waals surface area (Å²) in [6, 6.07) is 15.2. The molecule has 1 fully saturated rings. The number of likely N-dealkylation sites (N-methyl/N-ethyl adjacent to an activating group) is 1. The summed E-state index contributed by atoms with van der Waals surface area (Å²) in [5.74, 6) is 0. The zero-order valence-corrected chi connectivity index (χ0v) is 11.6. The second-order valence-electron chi connectivity index (χ2n) is 5.70. The molecule has 20 heavy (non-hydrogen) atoms. The van der Waals surface area contributed by atoms with Gasteiger partial charge in [0.05, 0.1) is 0 Å². The number of benzene rings is 2. The van der Waals surface area contributed by atoms with Crippen LogP contribution in [0.2, 0.25) is 0 Å². The van der Waals surface area contributed by atoms with E-state index in [2.05, 4.69) is 47.6 Å². The molecule has 2 heterocycles. The number of anilines is 1. The molecule has 4 rings (SSSR count). The van der Waals surface area contributed by atoms with Crippen LogP contribution in [0.4, 0.5) is 5.69 Å². The number of likely N-dealkylation sites (tertiary alicyclic amines) is 1. The summed E-state index contributed by atoms with van der Waals surface area (Å²) in [5, 5.41) is 6.02. The Morgan fingerprint density at radius 3 is 2.80 bits per heavy atom. The van der Waals surface area contributed by atoms with Crippen LogP contribution in [-0.4, -0.2) is 31.1 Å². The minimum atomic E-state index is 0.551. The summed E-state index contributed by atoms with van der Waals surface area (Å²) in [6.45, 7) is 2.29. The van der Waals surface area contributed by atoms with Crippen molar-refractivity contribution in [2.75, 3.05) is 25.5 Å². The number of nitrogens with one attached hydrogen (secondary N) is 1. The predicted molar refractivity (Wildman–Crippen MR) is 83.2 cm³/mol. The van der Waals surface area contributed by atoms with Crippen molar-refractivity contribution in [3.8, 4) is 0 Å². The summed E-state index contributed by atoms with van der Waals surface area (Å²) in [4.78, 5) is 2.36. The first-order valence-electron chi connectivity index (χ1n) is 7.16. The van der Waals surface area contributed by atoms with E-state index >= 15 is 0 Å². The number of hydrogen-bond donors (Lipinski definition) is 1. The van der Waals surface area contributed by atoms with Crippen molar-refractivity contribution in [1.82, 2.24) is 4.90 Å². The minimum absolute atomic E-state index is 0.551. The van der Waals surface area contributed by atoms with Gasteiger partial charge >= 0.3 is 0 Å². The standard InChI is InChI=1S/C17H18N2O/c1-19-9-8-13(11-19)18-12-6-7-17-15(10-12)14-4-2-3-5-16(14)20-17/h2-7,10,13,18H,8-9,11H2,1H3. The highest BCUT2D eigenvalue weighted by atomic mass is 16.3. The molecule has 102 valence electrons. The van der Waals surface area contributed by atoms with Crippen LogP contribution in [0.15, 0.2) is 46.9 Å². The average molecular weight is 266 g/mol. The van der Waals surface area contributed by atoms with Crippen molar-refractivity contribution in [3.05, 3.63) is 42.5 Å². The van der Waals surface area contributed by atoms with Crippen LogP contribution in [0, 0.1) is 0 Å². The highest BCUT2D eigenvalue weighted by Crippen LogP contribution is 2.30. The van der Waals surface area contributed by atoms with E-state index in [1.165, 1.54) is 29.4 Å². The maximum absolute atomic E-state index is 5.86. The van der Waals surface area contributed by atoms with Gasteiger partial charge in [0.15, 0.2) is 0 Å². The Morgan fingerprint density at radius 1 is 1.10 bits per heavy atom. The average Bonchev–Trinajstić information content (AvgIpc) is 3.02. The van der Waals surface area contributed by atoms with Crippen LogP contribution in [0.3, 0.4) is 0 Å². The lowest BCUT2D eigenvalue weighted by molar-refractivity contribution is 0.414. The molecule has 0 amide bonds. The molecule has 3 nitrogen and oxygen atoms in total. The minimum Gasteiger partial charge on any atom is -0.456 e. The Hall–Kier alpha value is -2.00. The predicted octanol–water partition coefficient (Wildman–Crippen LogP) is 3.70. The van der Waals surface area contributed by atoms with Crippen molar-refractivity contribution >= 4 is 27.6 Å². The Kier molecular flexibility index (Phi) is 2.67. The van der Waals surface area contributed by atoms with E-state index in [1.807, 2.05) is 12.1 Å². The van der Waals surface area contributed by atoms with E-state index in [0.717, 1.165) is 17.7 Å². The zero-order chi connectivity index (χ0) is 13.5. The SMILES string of the molecule is CN1CCC(Nc2ccc3oc4ccccc4c3c2)C1. The Balaban J connectivity index is 1.72. The monoisotopic (exact) mass is 266 g/mol. The zero-order valence-electron chi connectivity index (χ0n) is 11.6. The van der Waals surface area contributed by atoms with Gasteiger partial charge in [0.2, 0.25) is 0 Å². The van der Waals surface area contributed by atoms with Crippen molar-refractivity contribution in [1.29, 1.82) is 0 Å². The van der Waals surface area contributed by atoms with E-state index in [0.29, 0.717) is 6.04 Å². The third-order valence-electron chi connectivity index (χ3n) is 4.14. The van der Waals surface area contributed by atoms with Gasteiger partial charge in [0.1, 0.15) is 11.2 Å². The molecule has 1 aliphatic rings. The summed E-state index contributed by atoms with van der Waals surface area (Å²) in [7, 11) is 2.18. The molecule has 0 saturated carbocycles. The Bertz CT molecular complexity index is 762. The number of furan rings is 1. The second-order valence-corrected chi connectivity index (χ2v) is 5.70. The summed E-state index contributed by atoms with van der Waals surface area (Å²) >= 11 is 0. The van der Waals surface area contributed by atoms with E-state index in [1.54, 1.807) is 0 Å². The first kappa shape index (κ1) is 11.8. The molecule has 1 atom stereocenters. The van der Waals surface area contributed by atoms with Crippen molar-refractivity contribution in [3.63, 3.8) is 0 Å². The van der Waals surface area contributed by atoms with Gasteiger partial charge in [0, 0.05) is 29.0 Å². The first-order chi connectivity index (χ1) is 9.79. The molecule has 1 saturated heterocycles. The van der Waals surface area contributed by atoms with E-state index < -0.39 is 0 Å². The fourth-order valence-corrected chi connectivity index (χ4v) is 3.10. The van der Waals surface area contributed by atoms with Crippen LogP contribution >= 0.6 is 0 Å². The fourth-order valence-electron chi connectivity index (χ4n) is 3.10. The van der Waals surface area contributed by atoms with Gasteiger partial charge in [-0.25, -0.2) is 0 Å². The van der Waals surface area contributed by atoms with Crippen LogP contribution in [-0.2, 0) is 0 Å². The molecule has 1 aliphatic heterocycles. The lowest BCUT2D eigenvalue weighted by Gasteiger charge is -2.14. The first-order valence-corrected chi connectivity index (χ1v) is 7.16. The van der Waals surface area contributed by atoms with Crippen molar-refractivity contribution in [2.45, 2.75) is 12.5 Å². The Labute approximate surface area is 118 Å². The number of nitrogens with zero attached hydrogens (tertiary/aromatic N) is 1.